The highest BCUT2D eigenvalue weighted by Crippen LogP contribution is 2.36. The van der Waals surface area contributed by atoms with E-state index in [0.717, 1.165) is 24.5 Å². The zero-order valence-electron chi connectivity index (χ0n) is 15.7. The quantitative estimate of drug-likeness (QED) is 0.641. The molecule has 0 radical (unpaired) electrons. The molecule has 1 fully saturated rings. The Balaban J connectivity index is 0.000000400. The Morgan fingerprint density at radius 1 is 1.10 bits per heavy atom. The first-order valence-electron chi connectivity index (χ1n) is 8.52. The molecule has 0 saturated heterocycles. The highest BCUT2D eigenvalue weighted by Gasteiger charge is 2.31. The van der Waals surface area contributed by atoms with Gasteiger partial charge in [-0.25, -0.2) is 0 Å². The predicted octanol–water partition coefficient (Wildman–Crippen LogP) is 5.50. The molecular formula is C19H38O2. The molecule has 1 saturated carbocycles. The molecule has 0 aromatic rings. The zero-order valence-corrected chi connectivity index (χ0v) is 15.7. The van der Waals surface area contributed by atoms with Crippen molar-refractivity contribution in [1.82, 2.24) is 0 Å². The van der Waals surface area contributed by atoms with Gasteiger partial charge in [0.05, 0.1) is 5.60 Å². The molecule has 0 aliphatic heterocycles. The van der Waals surface area contributed by atoms with Gasteiger partial charge < -0.3 is 9.53 Å². The number of carbonyl (C=O) groups is 1. The minimum Gasteiger partial charge on any atom is -0.379 e. The van der Waals surface area contributed by atoms with Crippen molar-refractivity contribution in [3.63, 3.8) is 0 Å². The molecular weight excluding hydrogens is 260 g/mol. The fourth-order valence-electron chi connectivity index (χ4n) is 3.14. The van der Waals surface area contributed by atoms with Gasteiger partial charge in [-0.3, -0.25) is 0 Å². The van der Waals surface area contributed by atoms with Gasteiger partial charge in [-0.2, -0.15) is 0 Å². The number of methoxy groups -OCH3 is 1. The lowest BCUT2D eigenvalue weighted by Crippen LogP contribution is -2.35. The number of aldehydes is 1. The van der Waals surface area contributed by atoms with Crippen LogP contribution in [-0.2, 0) is 9.53 Å². The topological polar surface area (TPSA) is 26.3 Å². The van der Waals surface area contributed by atoms with Gasteiger partial charge in [0.25, 0.3) is 0 Å². The van der Waals surface area contributed by atoms with E-state index in [2.05, 4.69) is 41.5 Å². The highest BCUT2D eigenvalue weighted by molar-refractivity contribution is 5.52. The fraction of sp³-hybridized carbons (Fsp3) is 0.947. The second-order valence-electron chi connectivity index (χ2n) is 8.64. The number of hydrogen-bond acceptors (Lipinski definition) is 2. The molecule has 0 spiro atoms. The van der Waals surface area contributed by atoms with Gasteiger partial charge in [-0.05, 0) is 50.4 Å². The maximum Gasteiger partial charge on any atom is 0.122 e. The Morgan fingerprint density at radius 3 is 1.86 bits per heavy atom. The summed E-state index contributed by atoms with van der Waals surface area (Å²) in [4.78, 5) is 10.2. The molecule has 21 heavy (non-hydrogen) atoms. The Kier molecular flexibility index (Phi) is 8.77. The van der Waals surface area contributed by atoms with Crippen molar-refractivity contribution in [3.8, 4) is 0 Å². The summed E-state index contributed by atoms with van der Waals surface area (Å²) in [7, 11) is 1.83. The van der Waals surface area contributed by atoms with Crippen LogP contribution in [0.4, 0.5) is 0 Å². The average Bonchev–Trinajstić information content (AvgIpc) is 2.38. The standard InChI is InChI=1S/C11H22O.C8H16O/c1-9-5-7-10(8-6-9)11(2,3)12-4;1-7(6-9)5-8(2,3)4/h9-10H,5-8H2,1-4H3;6-7H,5H2,1-4H3. The lowest BCUT2D eigenvalue weighted by Gasteiger charge is -2.37. The minimum atomic E-state index is 0.0974. The summed E-state index contributed by atoms with van der Waals surface area (Å²) in [5, 5.41) is 0. The summed E-state index contributed by atoms with van der Waals surface area (Å²) < 4.78 is 5.51. The molecule has 0 heterocycles. The van der Waals surface area contributed by atoms with Crippen molar-refractivity contribution < 1.29 is 9.53 Å². The van der Waals surface area contributed by atoms with Crippen LogP contribution in [0.1, 0.15) is 80.6 Å². The minimum absolute atomic E-state index is 0.0974. The van der Waals surface area contributed by atoms with Crippen molar-refractivity contribution in [2.24, 2.45) is 23.2 Å². The van der Waals surface area contributed by atoms with Crippen LogP contribution in [0.5, 0.6) is 0 Å². The Bertz CT molecular complexity index is 280. The smallest absolute Gasteiger partial charge is 0.122 e. The molecule has 0 N–H and O–H groups in total. The SMILES string of the molecule is CC(C=O)CC(C)(C)C.COC(C)(C)C1CCC(C)CC1. The van der Waals surface area contributed by atoms with E-state index in [-0.39, 0.29) is 11.5 Å². The van der Waals surface area contributed by atoms with Crippen molar-refractivity contribution in [2.75, 3.05) is 7.11 Å². The van der Waals surface area contributed by atoms with Gasteiger partial charge >= 0.3 is 0 Å². The van der Waals surface area contributed by atoms with E-state index in [1.54, 1.807) is 0 Å². The van der Waals surface area contributed by atoms with E-state index in [1.807, 2.05) is 14.0 Å². The summed E-state index contributed by atoms with van der Waals surface area (Å²) >= 11 is 0. The normalized spacial score (nSPS) is 24.8. The van der Waals surface area contributed by atoms with Gasteiger partial charge in [0.15, 0.2) is 0 Å². The molecule has 0 bridgehead atoms. The first-order valence-corrected chi connectivity index (χ1v) is 8.52. The third-order valence-corrected chi connectivity index (χ3v) is 4.69. The second-order valence-corrected chi connectivity index (χ2v) is 8.64. The van der Waals surface area contributed by atoms with E-state index >= 15 is 0 Å². The maximum atomic E-state index is 10.2. The van der Waals surface area contributed by atoms with Gasteiger partial charge in [-0.15, -0.1) is 0 Å². The largest absolute Gasteiger partial charge is 0.379 e. The molecule has 1 aliphatic carbocycles. The molecule has 0 amide bonds. The number of rotatable bonds is 4. The molecule has 1 unspecified atom stereocenters. The molecule has 1 rings (SSSR count). The van der Waals surface area contributed by atoms with Crippen molar-refractivity contribution in [2.45, 2.75) is 86.2 Å². The second kappa shape index (κ2) is 8.92. The van der Waals surface area contributed by atoms with Crippen LogP contribution in [0.15, 0.2) is 0 Å². The lowest BCUT2D eigenvalue weighted by atomic mass is 9.75. The highest BCUT2D eigenvalue weighted by atomic mass is 16.5. The van der Waals surface area contributed by atoms with Crippen molar-refractivity contribution >= 4 is 6.29 Å². The lowest BCUT2D eigenvalue weighted by molar-refractivity contribution is -0.111. The van der Waals surface area contributed by atoms with Crippen molar-refractivity contribution in [3.05, 3.63) is 0 Å². The summed E-state index contributed by atoms with van der Waals surface area (Å²) in [5.74, 6) is 1.93. The molecule has 1 aliphatic rings. The van der Waals surface area contributed by atoms with Crippen LogP contribution >= 0.6 is 0 Å². The molecule has 0 aromatic carbocycles. The molecule has 2 heteroatoms. The van der Waals surface area contributed by atoms with Gasteiger partial charge in [0.2, 0.25) is 0 Å². The third kappa shape index (κ3) is 9.29. The van der Waals surface area contributed by atoms with Gasteiger partial charge in [-0.1, -0.05) is 47.5 Å². The van der Waals surface area contributed by atoms with Crippen LogP contribution in [-0.4, -0.2) is 19.0 Å². The first-order chi connectivity index (χ1) is 9.51. The Morgan fingerprint density at radius 2 is 1.57 bits per heavy atom. The monoisotopic (exact) mass is 298 g/mol. The predicted molar refractivity (Wildman–Crippen MR) is 91.5 cm³/mol. The molecule has 2 nitrogen and oxygen atoms in total. The van der Waals surface area contributed by atoms with E-state index in [4.69, 9.17) is 4.74 Å². The maximum absolute atomic E-state index is 10.2. The number of ether oxygens (including phenoxy) is 1. The van der Waals surface area contributed by atoms with Crippen LogP contribution in [0.3, 0.4) is 0 Å². The number of hydrogen-bond donors (Lipinski definition) is 0. The third-order valence-electron chi connectivity index (χ3n) is 4.69. The molecule has 126 valence electrons. The fourth-order valence-corrected chi connectivity index (χ4v) is 3.14. The van der Waals surface area contributed by atoms with E-state index in [9.17, 15) is 4.79 Å². The van der Waals surface area contributed by atoms with E-state index < -0.39 is 0 Å². The summed E-state index contributed by atoms with van der Waals surface area (Å²) in [6.45, 7) is 15.2. The molecule has 1 atom stereocenters. The average molecular weight is 299 g/mol. The van der Waals surface area contributed by atoms with Gasteiger partial charge in [0, 0.05) is 13.0 Å². The van der Waals surface area contributed by atoms with Crippen LogP contribution in [0.25, 0.3) is 0 Å². The van der Waals surface area contributed by atoms with Crippen LogP contribution in [0, 0.1) is 23.2 Å². The zero-order chi connectivity index (χ0) is 16.7. The molecule has 0 aromatic heterocycles. The summed E-state index contributed by atoms with van der Waals surface area (Å²) in [5.41, 5.74) is 0.389. The van der Waals surface area contributed by atoms with Gasteiger partial charge in [0.1, 0.15) is 6.29 Å². The van der Waals surface area contributed by atoms with Crippen LogP contribution < -0.4 is 0 Å². The summed E-state index contributed by atoms with van der Waals surface area (Å²) in [6.07, 6.45) is 7.47. The Hall–Kier alpha value is -0.370. The van der Waals surface area contributed by atoms with E-state index in [1.165, 1.54) is 25.7 Å². The van der Waals surface area contributed by atoms with Crippen LogP contribution in [0.2, 0.25) is 0 Å². The summed E-state index contributed by atoms with van der Waals surface area (Å²) in [6, 6.07) is 0. The Labute approximate surface area is 133 Å². The first kappa shape index (κ1) is 20.6. The van der Waals surface area contributed by atoms with E-state index in [0.29, 0.717) is 5.41 Å². The van der Waals surface area contributed by atoms with Crippen molar-refractivity contribution in [1.29, 1.82) is 0 Å². The number of carbonyl (C=O) groups excluding carboxylic acids is 1.